The maximum atomic E-state index is 12.9. The van der Waals surface area contributed by atoms with Crippen molar-refractivity contribution < 1.29 is 27.0 Å². The van der Waals surface area contributed by atoms with E-state index in [1.807, 2.05) is 0 Å². The molecular formula is C25H31F4NO2. The molecule has 0 unspecified atom stereocenters. The molecule has 0 saturated heterocycles. The van der Waals surface area contributed by atoms with E-state index in [0.29, 0.717) is 30.3 Å². The Kier molecular flexibility index (Phi) is 8.98. The molecule has 0 spiro atoms. The molecule has 0 bridgehead atoms. The lowest BCUT2D eigenvalue weighted by Crippen LogP contribution is -2.25. The van der Waals surface area contributed by atoms with Gasteiger partial charge in [-0.3, -0.25) is 0 Å². The van der Waals surface area contributed by atoms with Gasteiger partial charge in [0, 0.05) is 6.61 Å². The quantitative estimate of drug-likeness (QED) is 0.301. The van der Waals surface area contributed by atoms with Gasteiger partial charge in [0.2, 0.25) is 0 Å². The van der Waals surface area contributed by atoms with Crippen LogP contribution < -0.4 is 4.74 Å². The number of hydrogen-bond acceptors (Lipinski definition) is 3. The molecule has 0 N–H and O–H groups in total. The van der Waals surface area contributed by atoms with Gasteiger partial charge in [0.05, 0.1) is 6.10 Å². The third kappa shape index (κ3) is 8.12. The van der Waals surface area contributed by atoms with E-state index >= 15 is 0 Å². The van der Waals surface area contributed by atoms with Crippen molar-refractivity contribution in [1.82, 2.24) is 0 Å². The van der Waals surface area contributed by atoms with Gasteiger partial charge in [-0.2, -0.15) is 9.65 Å². The second kappa shape index (κ2) is 11.7. The standard InChI is InChI=1S/C25H31F4NO2/c26-22(16-30)3-1-2-18-6-12-23(13-7-18)31-17-19-4-8-20(9-5-19)21-10-14-24(15-11-21)32-25(27,28)29/h3,10-11,14-15,18-20,23H,1-2,4-9,12-13,17H2. The molecule has 2 aliphatic rings. The van der Waals surface area contributed by atoms with Crippen LogP contribution in [0.25, 0.3) is 0 Å². The minimum atomic E-state index is -4.66. The molecule has 1 aromatic carbocycles. The first-order valence-corrected chi connectivity index (χ1v) is 11.6. The highest BCUT2D eigenvalue weighted by Gasteiger charge is 2.31. The molecule has 32 heavy (non-hydrogen) atoms. The summed E-state index contributed by atoms with van der Waals surface area (Å²) in [6.45, 7) is 0.774. The Labute approximate surface area is 187 Å². The van der Waals surface area contributed by atoms with Crippen molar-refractivity contribution in [2.75, 3.05) is 6.61 Å². The Bertz CT molecular complexity index is 769. The number of hydrogen-bond donors (Lipinski definition) is 0. The molecule has 3 nitrogen and oxygen atoms in total. The normalized spacial score (nSPS) is 27.0. The summed E-state index contributed by atoms with van der Waals surface area (Å²) in [4.78, 5) is 0. The lowest BCUT2D eigenvalue weighted by atomic mass is 9.79. The molecule has 3 rings (SSSR count). The van der Waals surface area contributed by atoms with E-state index in [1.54, 1.807) is 12.1 Å². The van der Waals surface area contributed by atoms with Crippen molar-refractivity contribution in [3.63, 3.8) is 0 Å². The van der Waals surface area contributed by atoms with Gasteiger partial charge in [0.25, 0.3) is 0 Å². The van der Waals surface area contributed by atoms with Crippen LogP contribution in [0.15, 0.2) is 36.2 Å². The summed E-state index contributed by atoms with van der Waals surface area (Å²) in [6.07, 6.45) is 7.00. The minimum Gasteiger partial charge on any atom is -0.406 e. The SMILES string of the molecule is N#CC(F)=CCCC1CCC(OCC2CCC(c3ccc(OC(F)(F)F)cc3)CC2)CC1. The van der Waals surface area contributed by atoms with Crippen LogP contribution in [0.3, 0.4) is 0 Å². The minimum absolute atomic E-state index is 0.177. The first-order valence-electron chi connectivity index (χ1n) is 11.6. The predicted molar refractivity (Wildman–Crippen MR) is 114 cm³/mol. The Balaban J connectivity index is 1.32. The summed E-state index contributed by atoms with van der Waals surface area (Å²) < 4.78 is 59.9. The Morgan fingerprint density at radius 1 is 0.969 bits per heavy atom. The van der Waals surface area contributed by atoms with E-state index in [-0.39, 0.29) is 5.75 Å². The monoisotopic (exact) mass is 453 g/mol. The van der Waals surface area contributed by atoms with Gasteiger partial charge in [0.15, 0.2) is 5.83 Å². The van der Waals surface area contributed by atoms with Crippen LogP contribution in [0, 0.1) is 23.2 Å². The first kappa shape index (κ1) is 24.6. The zero-order valence-electron chi connectivity index (χ0n) is 18.2. The number of nitriles is 1. The van der Waals surface area contributed by atoms with Crippen molar-refractivity contribution in [3.8, 4) is 11.8 Å². The summed E-state index contributed by atoms with van der Waals surface area (Å²) in [7, 11) is 0. The maximum Gasteiger partial charge on any atom is 0.573 e. The zero-order valence-corrected chi connectivity index (χ0v) is 18.2. The van der Waals surface area contributed by atoms with Crippen LogP contribution in [-0.4, -0.2) is 19.1 Å². The first-order chi connectivity index (χ1) is 15.3. The summed E-state index contributed by atoms with van der Waals surface area (Å²) in [6, 6.07) is 7.78. The summed E-state index contributed by atoms with van der Waals surface area (Å²) in [5, 5.41) is 8.44. The Hall–Kier alpha value is -2.07. The van der Waals surface area contributed by atoms with Gasteiger partial charge in [-0.1, -0.05) is 12.1 Å². The topological polar surface area (TPSA) is 42.2 Å². The van der Waals surface area contributed by atoms with E-state index in [9.17, 15) is 17.6 Å². The number of benzene rings is 1. The number of ether oxygens (including phenoxy) is 2. The van der Waals surface area contributed by atoms with Crippen molar-refractivity contribution >= 4 is 0 Å². The maximum absolute atomic E-state index is 12.9. The van der Waals surface area contributed by atoms with E-state index in [1.165, 1.54) is 24.3 Å². The molecule has 0 heterocycles. The highest BCUT2D eigenvalue weighted by Crippen LogP contribution is 2.37. The van der Waals surface area contributed by atoms with Crippen molar-refractivity contribution in [2.45, 2.75) is 82.6 Å². The Morgan fingerprint density at radius 2 is 1.59 bits per heavy atom. The van der Waals surface area contributed by atoms with Crippen molar-refractivity contribution in [2.24, 2.45) is 11.8 Å². The number of alkyl halides is 3. The van der Waals surface area contributed by atoms with Crippen LogP contribution in [0.5, 0.6) is 5.75 Å². The third-order valence-electron chi connectivity index (χ3n) is 6.80. The average Bonchev–Trinajstić information content (AvgIpc) is 2.78. The summed E-state index contributed by atoms with van der Waals surface area (Å²) >= 11 is 0. The van der Waals surface area contributed by atoms with E-state index < -0.39 is 12.2 Å². The number of allylic oxidation sites excluding steroid dienone is 2. The highest BCUT2D eigenvalue weighted by atomic mass is 19.4. The van der Waals surface area contributed by atoms with Crippen molar-refractivity contribution in [1.29, 1.82) is 5.26 Å². The third-order valence-corrected chi connectivity index (χ3v) is 6.80. The fourth-order valence-corrected chi connectivity index (χ4v) is 4.95. The van der Waals surface area contributed by atoms with E-state index in [4.69, 9.17) is 10.00 Å². The van der Waals surface area contributed by atoms with Gasteiger partial charge in [-0.25, -0.2) is 0 Å². The van der Waals surface area contributed by atoms with Gasteiger partial charge in [0.1, 0.15) is 11.8 Å². The second-order valence-corrected chi connectivity index (χ2v) is 9.05. The molecule has 0 aromatic heterocycles. The molecule has 1 aromatic rings. The van der Waals surface area contributed by atoms with Crippen LogP contribution >= 0.6 is 0 Å². The molecule has 2 aliphatic carbocycles. The molecule has 2 saturated carbocycles. The van der Waals surface area contributed by atoms with Gasteiger partial charge in [-0.05, 0) is 106 Å². The molecule has 176 valence electrons. The predicted octanol–water partition coefficient (Wildman–Crippen LogP) is 7.59. The van der Waals surface area contributed by atoms with E-state index in [2.05, 4.69) is 4.74 Å². The zero-order chi connectivity index (χ0) is 23.0. The number of halogens is 4. The van der Waals surface area contributed by atoms with Gasteiger partial charge >= 0.3 is 6.36 Å². The van der Waals surface area contributed by atoms with Gasteiger partial charge < -0.3 is 9.47 Å². The lowest BCUT2D eigenvalue weighted by molar-refractivity contribution is -0.274. The summed E-state index contributed by atoms with van der Waals surface area (Å²) in [5.74, 6) is 0.631. The molecule has 2 fully saturated rings. The molecule has 7 heteroatoms. The molecule has 0 atom stereocenters. The van der Waals surface area contributed by atoms with Crippen LogP contribution in [0.2, 0.25) is 0 Å². The fraction of sp³-hybridized carbons (Fsp3) is 0.640. The average molecular weight is 454 g/mol. The fourth-order valence-electron chi connectivity index (χ4n) is 4.95. The smallest absolute Gasteiger partial charge is 0.406 e. The van der Waals surface area contributed by atoms with Gasteiger partial charge in [-0.15, -0.1) is 13.2 Å². The largest absolute Gasteiger partial charge is 0.573 e. The van der Waals surface area contributed by atoms with Crippen LogP contribution in [0.4, 0.5) is 17.6 Å². The Morgan fingerprint density at radius 3 is 2.19 bits per heavy atom. The molecule has 0 aliphatic heterocycles. The molecule has 0 amide bonds. The number of nitrogens with zero attached hydrogens (tertiary/aromatic N) is 1. The molecular weight excluding hydrogens is 422 g/mol. The second-order valence-electron chi connectivity index (χ2n) is 9.05. The number of rotatable bonds is 8. The van der Waals surface area contributed by atoms with Crippen LogP contribution in [-0.2, 0) is 4.74 Å². The lowest BCUT2D eigenvalue weighted by Gasteiger charge is -2.32. The summed E-state index contributed by atoms with van der Waals surface area (Å²) in [5.41, 5.74) is 1.07. The van der Waals surface area contributed by atoms with Crippen LogP contribution in [0.1, 0.15) is 75.7 Å². The highest BCUT2D eigenvalue weighted by molar-refractivity contribution is 5.29. The van der Waals surface area contributed by atoms with E-state index in [0.717, 1.165) is 70.0 Å². The molecule has 0 radical (unpaired) electrons. The van der Waals surface area contributed by atoms with Crippen molar-refractivity contribution in [3.05, 3.63) is 41.7 Å².